The van der Waals surface area contributed by atoms with E-state index in [0.717, 1.165) is 89.3 Å². The lowest BCUT2D eigenvalue weighted by Gasteiger charge is -2.50. The zero-order valence-electron chi connectivity index (χ0n) is 27.0. The van der Waals surface area contributed by atoms with E-state index in [1.54, 1.807) is 12.1 Å². The van der Waals surface area contributed by atoms with Gasteiger partial charge in [-0.2, -0.15) is 17.9 Å². The summed E-state index contributed by atoms with van der Waals surface area (Å²) in [5, 5.41) is 11.5. The first kappa shape index (κ1) is 32.5. The van der Waals surface area contributed by atoms with Gasteiger partial charge in [0.25, 0.3) is 5.91 Å². The Morgan fingerprint density at radius 1 is 0.915 bits per heavy atom. The Morgan fingerprint density at radius 3 is 2.09 bits per heavy atom. The Labute approximate surface area is 273 Å². The van der Waals surface area contributed by atoms with Crippen molar-refractivity contribution >= 4 is 17.4 Å². The zero-order valence-corrected chi connectivity index (χ0v) is 27.0. The van der Waals surface area contributed by atoms with Crippen molar-refractivity contribution in [2.75, 3.05) is 31.1 Å². The maximum atomic E-state index is 13.8. The molecule has 0 aliphatic carbocycles. The molecule has 2 saturated heterocycles. The third-order valence-corrected chi connectivity index (χ3v) is 9.96. The first-order chi connectivity index (χ1) is 22.4. The molecule has 7 nitrogen and oxygen atoms in total. The average molecular weight is 644 g/mol. The molecule has 2 aliphatic heterocycles. The molecule has 47 heavy (non-hydrogen) atoms. The summed E-state index contributed by atoms with van der Waals surface area (Å²) in [5.74, 6) is 0.569. The molecule has 0 atom stereocenters. The Bertz CT molecular complexity index is 1670. The van der Waals surface area contributed by atoms with E-state index in [2.05, 4.69) is 21.7 Å². The molecule has 1 amide bonds. The number of carbonyl (C=O) groups excluding carboxylic acids is 1. The Kier molecular flexibility index (Phi) is 8.98. The minimum Gasteiger partial charge on any atom is -0.619 e. The molecule has 0 N–H and O–H groups in total. The molecular weight excluding hydrogens is 603 g/mol. The number of halogens is 3. The van der Waals surface area contributed by atoms with E-state index in [9.17, 15) is 23.2 Å². The lowest BCUT2D eigenvalue weighted by Crippen LogP contribution is -2.58. The van der Waals surface area contributed by atoms with Crippen LogP contribution in [0.2, 0.25) is 0 Å². The monoisotopic (exact) mass is 643 g/mol. The summed E-state index contributed by atoms with van der Waals surface area (Å²) in [7, 11) is 0. The Morgan fingerprint density at radius 2 is 1.53 bits per heavy atom. The highest BCUT2D eigenvalue weighted by Crippen LogP contribution is 2.37. The van der Waals surface area contributed by atoms with Crippen molar-refractivity contribution in [3.8, 4) is 11.1 Å². The quantitative estimate of drug-likeness (QED) is 0.163. The van der Waals surface area contributed by atoms with Crippen molar-refractivity contribution in [2.24, 2.45) is 0 Å². The molecule has 6 rings (SSSR count). The van der Waals surface area contributed by atoms with Gasteiger partial charge in [-0.05, 0) is 93.0 Å². The molecule has 2 aromatic carbocycles. The number of piperidine rings is 2. The number of hydrogen-bond donors (Lipinski definition) is 0. The van der Waals surface area contributed by atoms with Crippen LogP contribution >= 0.6 is 0 Å². The van der Waals surface area contributed by atoms with Crippen molar-refractivity contribution < 1.29 is 22.7 Å². The summed E-state index contributed by atoms with van der Waals surface area (Å²) in [4.78, 5) is 24.6. The fourth-order valence-corrected chi connectivity index (χ4v) is 7.22. The topological polar surface area (TPSA) is 66.6 Å². The fourth-order valence-electron chi connectivity index (χ4n) is 7.22. The van der Waals surface area contributed by atoms with E-state index in [0.29, 0.717) is 18.9 Å². The van der Waals surface area contributed by atoms with Gasteiger partial charge in [-0.1, -0.05) is 30.3 Å². The second-order valence-corrected chi connectivity index (χ2v) is 13.0. The number of nitrogens with zero attached hydrogens (tertiary/aromatic N) is 5. The molecule has 0 saturated carbocycles. The van der Waals surface area contributed by atoms with Gasteiger partial charge in [0.15, 0.2) is 12.4 Å². The minimum absolute atomic E-state index is 0.0500. The number of amides is 1. The van der Waals surface area contributed by atoms with E-state index >= 15 is 0 Å². The van der Waals surface area contributed by atoms with E-state index in [4.69, 9.17) is 0 Å². The van der Waals surface area contributed by atoms with Gasteiger partial charge in [0, 0.05) is 67.3 Å². The van der Waals surface area contributed by atoms with Crippen molar-refractivity contribution in [1.82, 2.24) is 14.8 Å². The van der Waals surface area contributed by atoms with Crippen LogP contribution in [0.25, 0.3) is 11.1 Å². The predicted octanol–water partition coefficient (Wildman–Crippen LogP) is 7.32. The minimum atomic E-state index is -4.43. The lowest BCUT2D eigenvalue weighted by molar-refractivity contribution is -0.605. The molecule has 0 radical (unpaired) electrons. The Hall–Kier alpha value is -4.44. The maximum Gasteiger partial charge on any atom is 0.417 e. The van der Waals surface area contributed by atoms with E-state index in [1.807, 2.05) is 61.2 Å². The largest absolute Gasteiger partial charge is 0.619 e. The van der Waals surface area contributed by atoms with Gasteiger partial charge in [-0.25, -0.2) is 4.98 Å². The molecule has 10 heteroatoms. The Balaban J connectivity index is 1.11. The van der Waals surface area contributed by atoms with Crippen molar-refractivity contribution in [3.63, 3.8) is 0 Å². The highest BCUT2D eigenvalue weighted by molar-refractivity contribution is 5.98. The molecule has 0 bridgehead atoms. The van der Waals surface area contributed by atoms with E-state index in [-0.39, 0.29) is 17.5 Å². The van der Waals surface area contributed by atoms with E-state index < -0.39 is 11.7 Å². The molecule has 0 spiro atoms. The summed E-state index contributed by atoms with van der Waals surface area (Å²) in [5.41, 5.74) is 4.60. The van der Waals surface area contributed by atoms with E-state index in [1.165, 1.54) is 18.5 Å². The molecule has 2 aromatic heterocycles. The van der Waals surface area contributed by atoms with Gasteiger partial charge in [0.2, 0.25) is 0 Å². The molecule has 2 aliphatic rings. The van der Waals surface area contributed by atoms with Gasteiger partial charge in [-0.15, -0.1) is 0 Å². The molecule has 4 aromatic rings. The number of pyridine rings is 2. The zero-order chi connectivity index (χ0) is 33.3. The highest BCUT2D eigenvalue weighted by atomic mass is 19.4. The van der Waals surface area contributed by atoms with Crippen molar-refractivity contribution in [2.45, 2.75) is 64.2 Å². The smallest absolute Gasteiger partial charge is 0.417 e. The third-order valence-electron chi connectivity index (χ3n) is 9.96. The molecule has 4 heterocycles. The number of hydrogen-bond acceptors (Lipinski definition) is 5. The van der Waals surface area contributed by atoms with Gasteiger partial charge >= 0.3 is 6.18 Å². The summed E-state index contributed by atoms with van der Waals surface area (Å²) in [6.45, 7) is 9.27. The number of benzene rings is 2. The van der Waals surface area contributed by atoms with Crippen LogP contribution in [0.4, 0.5) is 24.7 Å². The SMILES string of the molecule is Cc1cc(-c2cc[n+]([O-])cc2)cc(C)c1C(=O)N1CCC(C)(N2CCC(N(c3ccccc3)c3ccc(C(F)(F)F)cn3)CC2)CC1. The van der Waals surface area contributed by atoms with Gasteiger partial charge in [-0.3, -0.25) is 9.69 Å². The van der Waals surface area contributed by atoms with Gasteiger partial charge in [0.05, 0.1) is 5.56 Å². The second-order valence-electron chi connectivity index (χ2n) is 13.0. The fraction of sp³-hybridized carbons (Fsp3) is 0.378. The lowest BCUT2D eigenvalue weighted by atomic mass is 9.84. The van der Waals surface area contributed by atoms with Gasteiger partial charge in [0.1, 0.15) is 5.82 Å². The number of alkyl halides is 3. The number of likely N-dealkylation sites (tertiary alicyclic amines) is 2. The number of aryl methyl sites for hydroxylation is 2. The van der Waals surface area contributed by atoms with Crippen LogP contribution in [0, 0.1) is 19.1 Å². The van der Waals surface area contributed by atoms with Gasteiger partial charge < -0.3 is 15.0 Å². The van der Waals surface area contributed by atoms with Crippen LogP contribution in [0.5, 0.6) is 0 Å². The summed E-state index contributed by atoms with van der Waals surface area (Å²) >= 11 is 0. The van der Waals surface area contributed by atoms with Crippen LogP contribution in [0.15, 0.2) is 85.3 Å². The second kappa shape index (κ2) is 13.0. The summed E-state index contributed by atoms with van der Waals surface area (Å²) < 4.78 is 40.5. The molecule has 0 unspecified atom stereocenters. The number of aromatic nitrogens is 2. The molecular formula is C37H40F3N5O2. The third kappa shape index (κ3) is 6.83. The van der Waals surface area contributed by atoms with Crippen molar-refractivity contribution in [1.29, 1.82) is 0 Å². The van der Waals surface area contributed by atoms with Crippen molar-refractivity contribution in [3.05, 3.63) is 113 Å². The van der Waals surface area contributed by atoms with Crippen LogP contribution in [-0.2, 0) is 6.18 Å². The standard InChI is InChI=1S/C37H40F3N5O2/c1-26-23-29(28-11-19-44(47)20-12-28)24-27(2)34(26)35(46)42-21-15-36(3,16-22-42)43-17-13-32(14-18-43)45(31-7-5-4-6-8-31)33-10-9-30(25-41-33)37(38,39)40/h4-12,19-20,23-25,32H,13-18,21-22H2,1-3H3. The van der Waals surface area contributed by atoms with Crippen LogP contribution < -0.4 is 9.63 Å². The average Bonchev–Trinajstić information content (AvgIpc) is 3.06. The van der Waals surface area contributed by atoms with Crippen LogP contribution in [0.1, 0.15) is 59.7 Å². The maximum absolute atomic E-state index is 13.8. The first-order valence-electron chi connectivity index (χ1n) is 16.2. The highest BCUT2D eigenvalue weighted by Gasteiger charge is 2.40. The van der Waals surface area contributed by atoms with Crippen LogP contribution in [-0.4, -0.2) is 58.5 Å². The summed E-state index contributed by atoms with van der Waals surface area (Å²) in [6.07, 6.45) is 2.85. The number of rotatable bonds is 6. The number of anilines is 2. The predicted molar refractivity (Wildman–Crippen MR) is 176 cm³/mol. The molecule has 2 fully saturated rings. The molecule has 246 valence electrons. The summed E-state index contributed by atoms with van der Waals surface area (Å²) in [6, 6.07) is 20.0. The number of para-hydroxylation sites is 1. The first-order valence-corrected chi connectivity index (χ1v) is 16.2. The normalized spacial score (nSPS) is 17.4. The van der Waals surface area contributed by atoms with Crippen LogP contribution in [0.3, 0.4) is 0 Å². The number of carbonyl (C=O) groups is 1.